The van der Waals surface area contributed by atoms with Crippen LogP contribution >= 0.6 is 0 Å². The van der Waals surface area contributed by atoms with Crippen LogP contribution in [0.4, 0.5) is 5.69 Å². The molecule has 1 aliphatic carbocycles. The van der Waals surface area contributed by atoms with E-state index in [0.29, 0.717) is 52.6 Å². The number of nitrogens with one attached hydrogen (secondary N) is 1. The maximum absolute atomic E-state index is 14.0. The number of methoxy groups -OCH3 is 2. The van der Waals surface area contributed by atoms with Crippen LogP contribution in [0.1, 0.15) is 61.1 Å². The summed E-state index contributed by atoms with van der Waals surface area (Å²) < 4.78 is 22.3. The number of dihydropyridines is 1. The van der Waals surface area contributed by atoms with E-state index in [4.69, 9.17) is 18.9 Å². The van der Waals surface area contributed by atoms with Crippen molar-refractivity contribution < 1.29 is 33.5 Å². The zero-order chi connectivity index (χ0) is 29.3. The average Bonchev–Trinajstić information content (AvgIpc) is 3.48. The summed E-state index contributed by atoms with van der Waals surface area (Å²) >= 11 is 0. The molecule has 2 aromatic carbocycles. The first-order chi connectivity index (χ1) is 19.7. The van der Waals surface area contributed by atoms with Crippen molar-refractivity contribution >= 4 is 17.4 Å². The SMILES string of the molecule is COc1ccc(OC)c([C@@H]2CC(=O)C3=C(C2)NC(C)=C(C(=O)OC[C@H]2CCCO2)[C@H]3c2ccc(C)c([N+](=O)[O-])c2)c1. The van der Waals surface area contributed by atoms with Gasteiger partial charge in [0.1, 0.15) is 18.1 Å². The van der Waals surface area contributed by atoms with Crippen LogP contribution in [0.3, 0.4) is 0 Å². The molecule has 0 saturated carbocycles. The monoisotopic (exact) mass is 562 g/mol. The summed E-state index contributed by atoms with van der Waals surface area (Å²) in [5.74, 6) is -0.439. The number of Topliss-reactive ketones (excluding diaryl/α,β-unsaturated/α-hetero) is 1. The third-order valence-corrected chi connectivity index (χ3v) is 8.11. The standard InChI is InChI=1S/C31H34N2O8/c1-17-7-8-19(13-25(17)33(36)37)29-28(31(35)41-16-22-6-5-11-40-22)18(2)32-24-12-20(14-26(34)30(24)29)23-15-21(38-3)9-10-27(23)39-4/h7-10,13,15,20,22,29,32H,5-6,11-12,14,16H2,1-4H3/t20-,22+,29+/m0/s1. The van der Waals surface area contributed by atoms with Crippen LogP contribution in [0.2, 0.25) is 0 Å². The van der Waals surface area contributed by atoms with Crippen LogP contribution in [0.25, 0.3) is 0 Å². The molecular formula is C31H34N2O8. The molecule has 0 amide bonds. The second-order valence-corrected chi connectivity index (χ2v) is 10.7. The zero-order valence-electron chi connectivity index (χ0n) is 23.7. The molecule has 3 aliphatic rings. The lowest BCUT2D eigenvalue weighted by Gasteiger charge is -2.37. The van der Waals surface area contributed by atoms with Crippen LogP contribution in [0.15, 0.2) is 58.9 Å². The number of esters is 1. The highest BCUT2D eigenvalue weighted by atomic mass is 16.6. The predicted octanol–water partition coefficient (Wildman–Crippen LogP) is 5.00. The Morgan fingerprint density at radius 2 is 1.93 bits per heavy atom. The van der Waals surface area contributed by atoms with Crippen molar-refractivity contribution in [1.82, 2.24) is 5.32 Å². The fourth-order valence-electron chi connectivity index (χ4n) is 6.05. The molecule has 0 aromatic heterocycles. The Balaban J connectivity index is 1.56. The van der Waals surface area contributed by atoms with Crippen molar-refractivity contribution in [2.45, 2.75) is 57.5 Å². The number of aryl methyl sites for hydroxylation is 1. The Hall–Kier alpha value is -4.18. The Labute approximate surface area is 238 Å². The van der Waals surface area contributed by atoms with Crippen LogP contribution in [-0.4, -0.2) is 50.2 Å². The highest BCUT2D eigenvalue weighted by molar-refractivity contribution is 6.04. The van der Waals surface area contributed by atoms with E-state index >= 15 is 0 Å². The van der Waals surface area contributed by atoms with Gasteiger partial charge >= 0.3 is 5.97 Å². The van der Waals surface area contributed by atoms with E-state index in [1.54, 1.807) is 46.3 Å². The number of carbonyl (C=O) groups is 2. The van der Waals surface area contributed by atoms with E-state index in [1.165, 1.54) is 6.07 Å². The summed E-state index contributed by atoms with van der Waals surface area (Å²) in [6, 6.07) is 10.4. The third-order valence-electron chi connectivity index (χ3n) is 8.11. The van der Waals surface area contributed by atoms with E-state index in [-0.39, 0.29) is 42.1 Å². The number of nitrogens with zero attached hydrogens (tertiary/aromatic N) is 1. The molecule has 2 heterocycles. The number of nitro benzene ring substituents is 1. The first-order valence-electron chi connectivity index (χ1n) is 13.7. The van der Waals surface area contributed by atoms with Gasteiger partial charge in [0.05, 0.1) is 30.8 Å². The van der Waals surface area contributed by atoms with E-state index in [9.17, 15) is 19.7 Å². The predicted molar refractivity (Wildman–Crippen MR) is 150 cm³/mol. The second kappa shape index (κ2) is 11.7. The highest BCUT2D eigenvalue weighted by Gasteiger charge is 2.42. The molecule has 2 aromatic rings. The van der Waals surface area contributed by atoms with Gasteiger partial charge in [-0.15, -0.1) is 0 Å². The van der Waals surface area contributed by atoms with Crippen LogP contribution in [0.5, 0.6) is 11.5 Å². The van der Waals surface area contributed by atoms with E-state index in [0.717, 1.165) is 18.4 Å². The third kappa shape index (κ3) is 5.56. The molecule has 0 unspecified atom stereocenters. The first-order valence-corrected chi connectivity index (χ1v) is 13.7. The van der Waals surface area contributed by atoms with Gasteiger partial charge in [0, 0.05) is 59.0 Å². The van der Waals surface area contributed by atoms with Crippen LogP contribution in [0, 0.1) is 17.0 Å². The minimum absolute atomic E-state index is 0.0739. The molecule has 216 valence electrons. The lowest BCUT2D eigenvalue weighted by Crippen LogP contribution is -2.36. The van der Waals surface area contributed by atoms with Gasteiger partial charge in [0.15, 0.2) is 5.78 Å². The molecule has 10 heteroatoms. The van der Waals surface area contributed by atoms with Gasteiger partial charge in [-0.2, -0.15) is 0 Å². The Bertz CT molecular complexity index is 1450. The lowest BCUT2D eigenvalue weighted by atomic mass is 9.71. The zero-order valence-corrected chi connectivity index (χ0v) is 23.7. The summed E-state index contributed by atoms with van der Waals surface area (Å²) in [5.41, 5.74) is 3.67. The normalized spacial score (nSPS) is 22.2. The summed E-state index contributed by atoms with van der Waals surface area (Å²) in [6.45, 7) is 4.16. The van der Waals surface area contributed by atoms with Crippen molar-refractivity contribution in [3.8, 4) is 11.5 Å². The molecule has 1 fully saturated rings. The number of rotatable bonds is 8. The molecule has 10 nitrogen and oxygen atoms in total. The number of allylic oxidation sites excluding steroid dienone is 3. The van der Waals surface area contributed by atoms with Crippen molar-refractivity contribution in [1.29, 1.82) is 0 Å². The second-order valence-electron chi connectivity index (χ2n) is 10.7. The number of ether oxygens (including phenoxy) is 4. The number of hydrogen-bond acceptors (Lipinski definition) is 9. The van der Waals surface area contributed by atoms with Crippen molar-refractivity contribution in [3.05, 3.63) is 85.7 Å². The van der Waals surface area contributed by atoms with Gasteiger partial charge in [-0.1, -0.05) is 12.1 Å². The van der Waals surface area contributed by atoms with Crippen LogP contribution < -0.4 is 14.8 Å². The van der Waals surface area contributed by atoms with Gasteiger partial charge in [0.25, 0.3) is 5.69 Å². The fourth-order valence-corrected chi connectivity index (χ4v) is 6.05. The number of hydrogen-bond donors (Lipinski definition) is 1. The summed E-state index contributed by atoms with van der Waals surface area (Å²) in [5, 5.41) is 15.1. The molecule has 41 heavy (non-hydrogen) atoms. The molecular weight excluding hydrogens is 528 g/mol. The minimum atomic E-state index is -0.816. The van der Waals surface area contributed by atoms with Crippen LogP contribution in [-0.2, 0) is 19.1 Å². The first kappa shape index (κ1) is 28.4. The van der Waals surface area contributed by atoms with Gasteiger partial charge in [-0.25, -0.2) is 4.79 Å². The fraction of sp³-hybridized carbons (Fsp3) is 0.419. The molecule has 3 atom stereocenters. The van der Waals surface area contributed by atoms with Gasteiger partial charge in [-0.05, 0) is 56.9 Å². The van der Waals surface area contributed by atoms with E-state index < -0.39 is 16.8 Å². The lowest BCUT2D eigenvalue weighted by molar-refractivity contribution is -0.385. The average molecular weight is 563 g/mol. The largest absolute Gasteiger partial charge is 0.497 e. The number of ketones is 1. The quantitative estimate of drug-likeness (QED) is 0.269. The molecule has 0 spiro atoms. The van der Waals surface area contributed by atoms with E-state index in [2.05, 4.69) is 5.32 Å². The van der Waals surface area contributed by atoms with Crippen molar-refractivity contribution in [2.75, 3.05) is 27.4 Å². The summed E-state index contributed by atoms with van der Waals surface area (Å²) in [4.78, 5) is 38.9. The summed E-state index contributed by atoms with van der Waals surface area (Å²) in [6.07, 6.45) is 2.20. The Morgan fingerprint density at radius 3 is 2.61 bits per heavy atom. The van der Waals surface area contributed by atoms with E-state index in [1.807, 2.05) is 12.1 Å². The Morgan fingerprint density at radius 1 is 1.12 bits per heavy atom. The molecule has 1 N–H and O–H groups in total. The van der Waals surface area contributed by atoms with Gasteiger partial charge in [0.2, 0.25) is 0 Å². The summed E-state index contributed by atoms with van der Waals surface area (Å²) in [7, 11) is 3.17. The van der Waals surface area contributed by atoms with Gasteiger partial charge in [-0.3, -0.25) is 14.9 Å². The van der Waals surface area contributed by atoms with Gasteiger partial charge < -0.3 is 24.3 Å². The van der Waals surface area contributed by atoms with Crippen molar-refractivity contribution in [3.63, 3.8) is 0 Å². The minimum Gasteiger partial charge on any atom is -0.497 e. The Kier molecular flexibility index (Phi) is 8.12. The smallest absolute Gasteiger partial charge is 0.336 e. The molecule has 5 rings (SSSR count). The molecule has 1 saturated heterocycles. The molecule has 0 radical (unpaired) electrons. The number of nitro groups is 1. The highest BCUT2D eigenvalue weighted by Crippen LogP contribution is 2.48. The maximum Gasteiger partial charge on any atom is 0.336 e. The van der Waals surface area contributed by atoms with Crippen molar-refractivity contribution in [2.24, 2.45) is 0 Å². The number of carbonyl (C=O) groups excluding carboxylic acids is 2. The topological polar surface area (TPSA) is 126 Å². The molecule has 0 bridgehead atoms. The molecule has 2 aliphatic heterocycles. The number of benzene rings is 2. The maximum atomic E-state index is 14.0.